The van der Waals surface area contributed by atoms with Crippen LogP contribution in [0.5, 0.6) is 0 Å². The minimum absolute atomic E-state index is 1.04. The molecule has 1 aromatic heterocycles. The van der Waals surface area contributed by atoms with Gasteiger partial charge in [0.2, 0.25) is 0 Å². The molecule has 3 heterocycles. The SMILES string of the molecule is CCN1CCc2cc(CN3CCN(Cc4ccncc4)CC3)ccc21. The van der Waals surface area contributed by atoms with E-state index in [1.54, 1.807) is 0 Å². The lowest BCUT2D eigenvalue weighted by Gasteiger charge is -2.34. The summed E-state index contributed by atoms with van der Waals surface area (Å²) < 4.78 is 0. The number of hydrogen-bond acceptors (Lipinski definition) is 4. The van der Waals surface area contributed by atoms with Gasteiger partial charge in [-0.3, -0.25) is 14.8 Å². The lowest BCUT2D eigenvalue weighted by molar-refractivity contribution is 0.122. The molecule has 2 aliphatic heterocycles. The van der Waals surface area contributed by atoms with Gasteiger partial charge in [-0.15, -0.1) is 0 Å². The molecule has 0 aliphatic carbocycles. The molecule has 4 rings (SSSR count). The average molecular weight is 336 g/mol. The van der Waals surface area contributed by atoms with Gasteiger partial charge in [0.1, 0.15) is 0 Å². The highest BCUT2D eigenvalue weighted by Gasteiger charge is 2.20. The van der Waals surface area contributed by atoms with E-state index in [1.807, 2.05) is 12.4 Å². The zero-order valence-electron chi connectivity index (χ0n) is 15.2. The molecule has 25 heavy (non-hydrogen) atoms. The van der Waals surface area contributed by atoms with Gasteiger partial charge >= 0.3 is 0 Å². The summed E-state index contributed by atoms with van der Waals surface area (Å²) in [6, 6.07) is 11.3. The fourth-order valence-corrected chi connectivity index (χ4v) is 4.06. The third-order valence-electron chi connectivity index (χ3n) is 5.54. The second-order valence-corrected chi connectivity index (χ2v) is 7.20. The third-order valence-corrected chi connectivity index (χ3v) is 5.54. The van der Waals surface area contributed by atoms with Gasteiger partial charge in [-0.1, -0.05) is 12.1 Å². The molecule has 1 fully saturated rings. The number of hydrogen-bond donors (Lipinski definition) is 0. The number of pyridine rings is 1. The number of benzene rings is 1. The molecule has 0 spiro atoms. The Balaban J connectivity index is 1.30. The first-order valence-electron chi connectivity index (χ1n) is 9.52. The number of aromatic nitrogens is 1. The maximum absolute atomic E-state index is 4.10. The van der Waals surface area contributed by atoms with Crippen LogP contribution in [0.2, 0.25) is 0 Å². The Hall–Kier alpha value is -1.91. The van der Waals surface area contributed by atoms with Crippen LogP contribution in [0.15, 0.2) is 42.7 Å². The molecule has 0 saturated carbocycles. The van der Waals surface area contributed by atoms with Crippen LogP contribution in [0.4, 0.5) is 5.69 Å². The lowest BCUT2D eigenvalue weighted by atomic mass is 10.1. The van der Waals surface area contributed by atoms with Crippen molar-refractivity contribution in [2.75, 3.05) is 44.2 Å². The topological polar surface area (TPSA) is 22.6 Å². The molecule has 0 N–H and O–H groups in total. The summed E-state index contributed by atoms with van der Waals surface area (Å²) in [7, 11) is 0. The summed E-state index contributed by atoms with van der Waals surface area (Å²) in [5.74, 6) is 0. The largest absolute Gasteiger partial charge is 0.371 e. The first kappa shape index (κ1) is 16.6. The number of nitrogens with zero attached hydrogens (tertiary/aromatic N) is 4. The quantitative estimate of drug-likeness (QED) is 0.837. The van der Waals surface area contributed by atoms with Gasteiger partial charge in [-0.25, -0.2) is 0 Å². The minimum Gasteiger partial charge on any atom is -0.371 e. The first-order valence-corrected chi connectivity index (χ1v) is 9.52. The molecular weight excluding hydrogens is 308 g/mol. The third kappa shape index (κ3) is 3.86. The van der Waals surface area contributed by atoms with E-state index in [0.717, 1.165) is 45.8 Å². The van der Waals surface area contributed by atoms with Crippen molar-refractivity contribution in [3.8, 4) is 0 Å². The number of anilines is 1. The second-order valence-electron chi connectivity index (χ2n) is 7.20. The van der Waals surface area contributed by atoms with Crippen LogP contribution in [-0.4, -0.2) is 54.1 Å². The Morgan fingerprint density at radius 2 is 1.52 bits per heavy atom. The zero-order chi connectivity index (χ0) is 17.1. The first-order chi connectivity index (χ1) is 12.3. The van der Waals surface area contributed by atoms with E-state index in [1.165, 1.54) is 35.3 Å². The highest BCUT2D eigenvalue weighted by molar-refractivity contribution is 5.59. The van der Waals surface area contributed by atoms with Gasteiger partial charge in [0.15, 0.2) is 0 Å². The maximum atomic E-state index is 4.10. The molecule has 4 nitrogen and oxygen atoms in total. The summed E-state index contributed by atoms with van der Waals surface area (Å²) in [6.07, 6.45) is 4.98. The van der Waals surface area contributed by atoms with Crippen LogP contribution in [0.3, 0.4) is 0 Å². The van der Waals surface area contributed by atoms with E-state index >= 15 is 0 Å². The Labute approximate surface area is 151 Å². The monoisotopic (exact) mass is 336 g/mol. The predicted molar refractivity (Wildman–Crippen MR) is 103 cm³/mol. The normalized spacial score (nSPS) is 18.5. The summed E-state index contributed by atoms with van der Waals surface area (Å²) in [5.41, 5.74) is 5.82. The Bertz CT molecular complexity index is 692. The van der Waals surface area contributed by atoms with E-state index in [-0.39, 0.29) is 0 Å². The van der Waals surface area contributed by atoms with Crippen LogP contribution >= 0.6 is 0 Å². The highest BCUT2D eigenvalue weighted by atomic mass is 15.3. The van der Waals surface area contributed by atoms with Crippen molar-refractivity contribution in [1.82, 2.24) is 14.8 Å². The van der Waals surface area contributed by atoms with E-state index < -0.39 is 0 Å². The second kappa shape index (κ2) is 7.54. The Kier molecular flexibility index (Phi) is 4.99. The lowest BCUT2D eigenvalue weighted by Crippen LogP contribution is -2.45. The number of fused-ring (bicyclic) bond motifs is 1. The summed E-state index contributed by atoms with van der Waals surface area (Å²) >= 11 is 0. The Morgan fingerprint density at radius 3 is 2.20 bits per heavy atom. The van der Waals surface area contributed by atoms with E-state index in [4.69, 9.17) is 0 Å². The van der Waals surface area contributed by atoms with Crippen LogP contribution in [0.25, 0.3) is 0 Å². The van der Waals surface area contributed by atoms with Crippen molar-refractivity contribution in [2.45, 2.75) is 26.4 Å². The fraction of sp³-hybridized carbons (Fsp3) is 0.476. The van der Waals surface area contributed by atoms with Crippen LogP contribution in [-0.2, 0) is 19.5 Å². The van der Waals surface area contributed by atoms with Crippen LogP contribution in [0.1, 0.15) is 23.6 Å². The molecular formula is C21H28N4. The predicted octanol–water partition coefficient (Wildman–Crippen LogP) is 2.78. The number of rotatable bonds is 5. The number of piperazine rings is 1. The molecule has 0 atom stereocenters. The molecule has 2 aliphatic rings. The van der Waals surface area contributed by atoms with Crippen molar-refractivity contribution >= 4 is 5.69 Å². The van der Waals surface area contributed by atoms with Gasteiger partial charge in [-0.2, -0.15) is 0 Å². The van der Waals surface area contributed by atoms with Gasteiger partial charge in [-0.05, 0) is 48.2 Å². The molecule has 0 amide bonds. The minimum atomic E-state index is 1.04. The van der Waals surface area contributed by atoms with E-state index in [0.29, 0.717) is 0 Å². The van der Waals surface area contributed by atoms with Crippen LogP contribution < -0.4 is 4.90 Å². The summed E-state index contributed by atoms with van der Waals surface area (Å²) in [5, 5.41) is 0. The molecule has 1 aromatic carbocycles. The van der Waals surface area contributed by atoms with Crippen LogP contribution in [0, 0.1) is 0 Å². The molecule has 0 radical (unpaired) electrons. The molecule has 0 bridgehead atoms. The zero-order valence-corrected chi connectivity index (χ0v) is 15.2. The smallest absolute Gasteiger partial charge is 0.0399 e. The number of likely N-dealkylation sites (N-methyl/N-ethyl adjacent to an activating group) is 1. The van der Waals surface area contributed by atoms with Gasteiger partial charge < -0.3 is 4.90 Å². The standard InChI is InChI=1S/C21H28N4/c1-2-25-10-7-20-15-19(3-4-21(20)25)17-24-13-11-23(12-14-24)16-18-5-8-22-9-6-18/h3-6,8-9,15H,2,7,10-14,16-17H2,1H3. The highest BCUT2D eigenvalue weighted by Crippen LogP contribution is 2.29. The molecule has 4 heteroatoms. The molecule has 1 saturated heterocycles. The van der Waals surface area contributed by atoms with Crippen molar-refractivity contribution in [3.05, 3.63) is 59.4 Å². The van der Waals surface area contributed by atoms with E-state index in [9.17, 15) is 0 Å². The van der Waals surface area contributed by atoms with Crippen molar-refractivity contribution in [3.63, 3.8) is 0 Å². The summed E-state index contributed by atoms with van der Waals surface area (Å²) in [4.78, 5) is 11.7. The van der Waals surface area contributed by atoms with Crippen molar-refractivity contribution in [1.29, 1.82) is 0 Å². The summed E-state index contributed by atoms with van der Waals surface area (Å²) in [6.45, 7) is 11.3. The average Bonchev–Trinajstić information content (AvgIpc) is 3.06. The molecule has 2 aromatic rings. The van der Waals surface area contributed by atoms with Crippen molar-refractivity contribution in [2.24, 2.45) is 0 Å². The maximum Gasteiger partial charge on any atom is 0.0399 e. The van der Waals surface area contributed by atoms with Crippen molar-refractivity contribution < 1.29 is 0 Å². The van der Waals surface area contributed by atoms with Gasteiger partial charge in [0.05, 0.1) is 0 Å². The van der Waals surface area contributed by atoms with E-state index in [2.05, 4.69) is 56.9 Å². The Morgan fingerprint density at radius 1 is 0.840 bits per heavy atom. The van der Waals surface area contributed by atoms with Gasteiger partial charge in [0, 0.05) is 70.4 Å². The van der Waals surface area contributed by atoms with Gasteiger partial charge in [0.25, 0.3) is 0 Å². The molecule has 0 unspecified atom stereocenters. The fourth-order valence-electron chi connectivity index (χ4n) is 4.06. The molecule has 132 valence electrons.